The van der Waals surface area contributed by atoms with E-state index in [1.165, 1.54) is 6.33 Å². The Morgan fingerprint density at radius 2 is 1.96 bits per heavy atom. The SMILES string of the molecule is CCOc1ccccc1Nc1cc(C(=O)Nc2ccc(C)c(Cl)c2)ncn1. The largest absolute Gasteiger partial charge is 0.492 e. The smallest absolute Gasteiger partial charge is 0.274 e. The zero-order valence-electron chi connectivity index (χ0n) is 15.0. The van der Waals surface area contributed by atoms with E-state index in [2.05, 4.69) is 20.6 Å². The average Bonchev–Trinajstić information content (AvgIpc) is 2.67. The molecule has 3 rings (SSSR count). The highest BCUT2D eigenvalue weighted by Gasteiger charge is 2.11. The normalized spacial score (nSPS) is 10.3. The monoisotopic (exact) mass is 382 g/mol. The van der Waals surface area contributed by atoms with E-state index in [0.29, 0.717) is 28.9 Å². The number of hydrogen-bond donors (Lipinski definition) is 2. The number of carbonyl (C=O) groups is 1. The van der Waals surface area contributed by atoms with Crippen LogP contribution in [0.4, 0.5) is 17.2 Å². The van der Waals surface area contributed by atoms with Crippen LogP contribution >= 0.6 is 11.6 Å². The van der Waals surface area contributed by atoms with Crippen molar-refractivity contribution in [2.45, 2.75) is 13.8 Å². The Hall–Kier alpha value is -3.12. The second-order valence-electron chi connectivity index (χ2n) is 5.76. The lowest BCUT2D eigenvalue weighted by Crippen LogP contribution is -2.14. The van der Waals surface area contributed by atoms with E-state index in [0.717, 1.165) is 11.3 Å². The predicted molar refractivity (Wildman–Crippen MR) is 107 cm³/mol. The molecule has 0 saturated heterocycles. The number of carbonyl (C=O) groups excluding carboxylic acids is 1. The van der Waals surface area contributed by atoms with Crippen LogP contribution in [0.15, 0.2) is 54.9 Å². The number of rotatable bonds is 6. The van der Waals surface area contributed by atoms with E-state index in [9.17, 15) is 4.79 Å². The van der Waals surface area contributed by atoms with Crippen LogP contribution in [0.3, 0.4) is 0 Å². The van der Waals surface area contributed by atoms with Gasteiger partial charge in [0.2, 0.25) is 0 Å². The quantitative estimate of drug-likeness (QED) is 0.638. The maximum atomic E-state index is 12.5. The second kappa shape index (κ2) is 8.51. The lowest BCUT2D eigenvalue weighted by atomic mass is 10.2. The highest BCUT2D eigenvalue weighted by atomic mass is 35.5. The Kier molecular flexibility index (Phi) is 5.88. The van der Waals surface area contributed by atoms with Crippen molar-refractivity contribution < 1.29 is 9.53 Å². The molecule has 2 N–H and O–H groups in total. The minimum Gasteiger partial charge on any atom is -0.492 e. The van der Waals surface area contributed by atoms with E-state index >= 15 is 0 Å². The van der Waals surface area contributed by atoms with Gasteiger partial charge in [-0.25, -0.2) is 9.97 Å². The fraction of sp³-hybridized carbons (Fsp3) is 0.150. The molecule has 6 nitrogen and oxygen atoms in total. The van der Waals surface area contributed by atoms with Crippen LogP contribution in [-0.4, -0.2) is 22.5 Å². The maximum absolute atomic E-state index is 12.5. The number of amides is 1. The number of anilines is 3. The zero-order chi connectivity index (χ0) is 19.2. The first-order chi connectivity index (χ1) is 13.1. The standard InChI is InChI=1S/C20H19ClN4O2/c1-3-27-18-7-5-4-6-16(18)25-19-11-17(22-12-23-19)20(26)24-14-9-8-13(2)15(21)10-14/h4-12H,3H2,1-2H3,(H,24,26)(H,22,23,25). The summed E-state index contributed by atoms with van der Waals surface area (Å²) in [6.45, 7) is 4.37. The molecule has 0 aliphatic heterocycles. The molecule has 0 aliphatic rings. The van der Waals surface area contributed by atoms with Crippen LogP contribution in [0.25, 0.3) is 0 Å². The molecule has 0 radical (unpaired) electrons. The van der Waals surface area contributed by atoms with Crippen molar-refractivity contribution in [2.24, 2.45) is 0 Å². The minimum absolute atomic E-state index is 0.234. The number of ether oxygens (including phenoxy) is 1. The third-order valence-corrected chi connectivity index (χ3v) is 4.19. The lowest BCUT2D eigenvalue weighted by molar-refractivity contribution is 0.102. The van der Waals surface area contributed by atoms with Crippen LogP contribution in [0, 0.1) is 6.92 Å². The van der Waals surface area contributed by atoms with Crippen molar-refractivity contribution in [1.29, 1.82) is 0 Å². The Labute approximate surface area is 162 Å². The topological polar surface area (TPSA) is 76.1 Å². The molecule has 7 heteroatoms. The molecule has 138 valence electrons. The van der Waals surface area contributed by atoms with Crippen LogP contribution in [-0.2, 0) is 0 Å². The number of aryl methyl sites for hydroxylation is 1. The molecule has 1 heterocycles. The molecule has 0 unspecified atom stereocenters. The van der Waals surface area contributed by atoms with E-state index in [-0.39, 0.29) is 11.6 Å². The molecule has 27 heavy (non-hydrogen) atoms. The van der Waals surface area contributed by atoms with Crippen LogP contribution in [0.2, 0.25) is 5.02 Å². The number of aromatic nitrogens is 2. The number of nitrogens with zero attached hydrogens (tertiary/aromatic N) is 2. The van der Waals surface area contributed by atoms with Crippen LogP contribution in [0.5, 0.6) is 5.75 Å². The summed E-state index contributed by atoms with van der Waals surface area (Å²) in [6, 6.07) is 14.4. The van der Waals surface area contributed by atoms with Gasteiger partial charge in [-0.15, -0.1) is 0 Å². The molecule has 0 aliphatic carbocycles. The number of hydrogen-bond acceptors (Lipinski definition) is 5. The predicted octanol–water partition coefficient (Wildman–Crippen LogP) is 4.83. The Balaban J connectivity index is 1.77. The third kappa shape index (κ3) is 4.74. The first-order valence-corrected chi connectivity index (χ1v) is 8.83. The van der Waals surface area contributed by atoms with E-state index in [4.69, 9.17) is 16.3 Å². The first-order valence-electron chi connectivity index (χ1n) is 8.45. The number of benzene rings is 2. The number of para-hydroxylation sites is 2. The lowest BCUT2D eigenvalue weighted by Gasteiger charge is -2.12. The summed E-state index contributed by atoms with van der Waals surface area (Å²) in [5.74, 6) is 0.849. The Bertz CT molecular complexity index is 962. The summed E-state index contributed by atoms with van der Waals surface area (Å²) in [6.07, 6.45) is 1.34. The fourth-order valence-corrected chi connectivity index (χ4v) is 2.59. The van der Waals surface area contributed by atoms with Gasteiger partial charge < -0.3 is 15.4 Å². The summed E-state index contributed by atoms with van der Waals surface area (Å²) in [5.41, 5.74) is 2.54. The Morgan fingerprint density at radius 1 is 1.15 bits per heavy atom. The summed E-state index contributed by atoms with van der Waals surface area (Å²) >= 11 is 6.10. The molecule has 2 aromatic carbocycles. The van der Waals surface area contributed by atoms with Crippen molar-refractivity contribution in [3.05, 3.63) is 71.1 Å². The van der Waals surface area contributed by atoms with Gasteiger partial charge in [-0.2, -0.15) is 0 Å². The highest BCUT2D eigenvalue weighted by Crippen LogP contribution is 2.27. The fourth-order valence-electron chi connectivity index (χ4n) is 2.40. The summed E-state index contributed by atoms with van der Waals surface area (Å²) < 4.78 is 5.59. The molecule has 1 aromatic heterocycles. The molecule has 0 spiro atoms. The van der Waals surface area contributed by atoms with Crippen molar-refractivity contribution in [3.63, 3.8) is 0 Å². The van der Waals surface area contributed by atoms with E-state index in [1.807, 2.05) is 44.2 Å². The molecule has 0 saturated carbocycles. The summed E-state index contributed by atoms with van der Waals surface area (Å²) in [5, 5.41) is 6.53. The molecule has 0 bridgehead atoms. The van der Waals surface area contributed by atoms with Gasteiger partial charge in [0.15, 0.2) is 0 Å². The number of halogens is 1. The van der Waals surface area contributed by atoms with Gasteiger partial charge in [0, 0.05) is 16.8 Å². The molecule has 0 fully saturated rings. The molecular weight excluding hydrogens is 364 g/mol. The molecule has 3 aromatic rings. The van der Waals surface area contributed by atoms with Gasteiger partial charge in [0.1, 0.15) is 23.6 Å². The molecular formula is C20H19ClN4O2. The van der Waals surface area contributed by atoms with Gasteiger partial charge in [-0.3, -0.25) is 4.79 Å². The third-order valence-electron chi connectivity index (χ3n) is 3.78. The van der Waals surface area contributed by atoms with Gasteiger partial charge in [0.05, 0.1) is 12.3 Å². The van der Waals surface area contributed by atoms with Crippen molar-refractivity contribution in [2.75, 3.05) is 17.2 Å². The van der Waals surface area contributed by atoms with Crippen molar-refractivity contribution in [3.8, 4) is 5.75 Å². The highest BCUT2D eigenvalue weighted by molar-refractivity contribution is 6.31. The van der Waals surface area contributed by atoms with Crippen LogP contribution in [0.1, 0.15) is 23.0 Å². The van der Waals surface area contributed by atoms with Gasteiger partial charge in [0.25, 0.3) is 5.91 Å². The van der Waals surface area contributed by atoms with E-state index in [1.54, 1.807) is 18.2 Å². The summed E-state index contributed by atoms with van der Waals surface area (Å²) in [4.78, 5) is 20.7. The Morgan fingerprint density at radius 3 is 2.74 bits per heavy atom. The van der Waals surface area contributed by atoms with Crippen molar-refractivity contribution >= 4 is 34.7 Å². The van der Waals surface area contributed by atoms with E-state index < -0.39 is 0 Å². The maximum Gasteiger partial charge on any atom is 0.274 e. The first kappa shape index (κ1) is 18.7. The summed E-state index contributed by atoms with van der Waals surface area (Å²) in [7, 11) is 0. The zero-order valence-corrected chi connectivity index (χ0v) is 15.7. The minimum atomic E-state index is -0.349. The van der Waals surface area contributed by atoms with Gasteiger partial charge in [-0.05, 0) is 43.7 Å². The van der Waals surface area contributed by atoms with Crippen molar-refractivity contribution in [1.82, 2.24) is 9.97 Å². The number of nitrogens with one attached hydrogen (secondary N) is 2. The van der Waals surface area contributed by atoms with Crippen LogP contribution < -0.4 is 15.4 Å². The molecule has 0 atom stereocenters. The van der Waals surface area contributed by atoms with Gasteiger partial charge in [-0.1, -0.05) is 29.8 Å². The molecule has 1 amide bonds. The average molecular weight is 383 g/mol. The van der Waals surface area contributed by atoms with Gasteiger partial charge >= 0.3 is 0 Å². The second-order valence-corrected chi connectivity index (χ2v) is 6.17.